The molecule has 5 rings (SSSR count). The molecule has 0 bridgehead atoms. The van der Waals surface area contributed by atoms with Gasteiger partial charge in [0.15, 0.2) is 5.82 Å². The zero-order chi connectivity index (χ0) is 27.2. The van der Waals surface area contributed by atoms with Crippen LogP contribution in [0.1, 0.15) is 55.6 Å². The number of nitrogens with one attached hydrogen (secondary N) is 1. The number of nitrogens with zero attached hydrogens (tertiary/aromatic N) is 6. The molecule has 0 radical (unpaired) electrons. The zero-order valence-corrected chi connectivity index (χ0v) is 20.3. The lowest BCUT2D eigenvalue weighted by Crippen LogP contribution is -2.36. The summed E-state index contributed by atoms with van der Waals surface area (Å²) >= 11 is 0. The van der Waals surface area contributed by atoms with Gasteiger partial charge in [-0.25, -0.2) is 18.7 Å². The van der Waals surface area contributed by atoms with Gasteiger partial charge in [0, 0.05) is 6.20 Å². The second kappa shape index (κ2) is 9.46. The zero-order valence-electron chi connectivity index (χ0n) is 20.3. The number of aromatic nitrogens is 7. The standard InChI is InChI=1S/C25H22F5N7O/c1-3-12-7-13-8-16(19-14(26)5-4-6-15(19)27)34-35-20(13)24(2,9-12)18-11-31-10-17(32-18)22-33-23(37-36-22)21(38)25(28,29)30/h4-6,8,10-12,21,38H,3,7,9H2,1-2H3,(H,33,36,37)/t12?,21-,24-/m1/s1. The summed E-state index contributed by atoms with van der Waals surface area (Å²) in [5, 5.41) is 23.9. The van der Waals surface area contributed by atoms with E-state index in [0.29, 0.717) is 24.2 Å². The van der Waals surface area contributed by atoms with E-state index in [2.05, 4.69) is 35.3 Å². The van der Waals surface area contributed by atoms with Crippen LogP contribution in [-0.4, -0.2) is 46.6 Å². The van der Waals surface area contributed by atoms with Gasteiger partial charge in [-0.3, -0.25) is 10.1 Å². The Bertz CT molecular complexity index is 1470. The molecule has 2 N–H and O–H groups in total. The van der Waals surface area contributed by atoms with Gasteiger partial charge in [0.2, 0.25) is 11.9 Å². The smallest absolute Gasteiger partial charge is 0.377 e. The number of fused-ring (bicyclic) bond motifs is 1. The van der Waals surface area contributed by atoms with Gasteiger partial charge in [0.1, 0.15) is 17.3 Å². The third-order valence-electron chi connectivity index (χ3n) is 6.90. The Kier molecular flexibility index (Phi) is 6.41. The first-order valence-corrected chi connectivity index (χ1v) is 11.8. The summed E-state index contributed by atoms with van der Waals surface area (Å²) in [4.78, 5) is 12.6. The monoisotopic (exact) mass is 531 g/mol. The molecule has 13 heteroatoms. The number of halogens is 5. The van der Waals surface area contributed by atoms with E-state index >= 15 is 0 Å². The minimum atomic E-state index is -4.91. The lowest BCUT2D eigenvalue weighted by molar-refractivity contribution is -0.209. The molecular formula is C25H22F5N7O. The van der Waals surface area contributed by atoms with Crippen molar-refractivity contribution < 1.29 is 27.1 Å². The van der Waals surface area contributed by atoms with Crippen LogP contribution in [0.25, 0.3) is 22.8 Å². The molecule has 1 unspecified atom stereocenters. The van der Waals surface area contributed by atoms with Crippen LogP contribution in [0, 0.1) is 17.6 Å². The molecule has 0 saturated carbocycles. The third-order valence-corrected chi connectivity index (χ3v) is 6.90. The quantitative estimate of drug-likeness (QED) is 0.353. The highest BCUT2D eigenvalue weighted by atomic mass is 19.4. The molecule has 1 aliphatic carbocycles. The van der Waals surface area contributed by atoms with Crippen LogP contribution in [0.5, 0.6) is 0 Å². The Balaban J connectivity index is 1.56. The van der Waals surface area contributed by atoms with Crippen LogP contribution in [0.15, 0.2) is 36.7 Å². The van der Waals surface area contributed by atoms with Crippen molar-refractivity contribution >= 4 is 0 Å². The average molecular weight is 531 g/mol. The maximum Gasteiger partial charge on any atom is 0.421 e. The average Bonchev–Trinajstić information content (AvgIpc) is 3.37. The second-order valence-corrected chi connectivity index (χ2v) is 9.49. The Labute approximate surface area is 213 Å². The first-order valence-electron chi connectivity index (χ1n) is 11.8. The van der Waals surface area contributed by atoms with E-state index in [1.165, 1.54) is 18.5 Å². The fraction of sp³-hybridized carbons (Fsp3) is 0.360. The molecule has 1 aromatic carbocycles. The Hall–Kier alpha value is -3.87. The molecule has 8 nitrogen and oxygen atoms in total. The molecule has 1 aliphatic rings. The number of hydrogen-bond donors (Lipinski definition) is 2. The highest BCUT2D eigenvalue weighted by Crippen LogP contribution is 2.44. The van der Waals surface area contributed by atoms with Crippen LogP contribution in [0.2, 0.25) is 0 Å². The van der Waals surface area contributed by atoms with Gasteiger partial charge in [0.05, 0.1) is 34.3 Å². The molecule has 0 spiro atoms. The first kappa shape index (κ1) is 25.8. The molecule has 0 amide bonds. The number of alkyl halides is 3. The summed E-state index contributed by atoms with van der Waals surface area (Å²) in [7, 11) is 0. The lowest BCUT2D eigenvalue weighted by atomic mass is 9.67. The van der Waals surface area contributed by atoms with Crippen molar-refractivity contribution in [3.05, 3.63) is 71.1 Å². The fourth-order valence-electron chi connectivity index (χ4n) is 4.89. The molecule has 198 valence electrons. The molecular weight excluding hydrogens is 509 g/mol. The number of hydrogen-bond acceptors (Lipinski definition) is 7. The minimum absolute atomic E-state index is 0.0785. The van der Waals surface area contributed by atoms with Gasteiger partial charge in [-0.05, 0) is 49.4 Å². The summed E-state index contributed by atoms with van der Waals surface area (Å²) in [6.45, 7) is 3.93. The van der Waals surface area contributed by atoms with E-state index in [4.69, 9.17) is 0 Å². The van der Waals surface area contributed by atoms with Gasteiger partial charge in [-0.15, -0.1) is 5.10 Å². The van der Waals surface area contributed by atoms with Gasteiger partial charge in [-0.1, -0.05) is 19.4 Å². The highest BCUT2D eigenvalue weighted by Gasteiger charge is 2.43. The van der Waals surface area contributed by atoms with E-state index in [0.717, 1.165) is 24.1 Å². The summed E-state index contributed by atoms with van der Waals surface area (Å²) in [5.41, 5.74) is 0.883. The van der Waals surface area contributed by atoms with Gasteiger partial charge in [0.25, 0.3) is 0 Å². The van der Waals surface area contributed by atoms with Crippen LogP contribution < -0.4 is 0 Å². The Morgan fingerprint density at radius 3 is 2.53 bits per heavy atom. The molecule has 0 fully saturated rings. The fourth-order valence-corrected chi connectivity index (χ4v) is 4.89. The number of aromatic amines is 1. The van der Waals surface area contributed by atoms with Gasteiger partial charge < -0.3 is 5.11 Å². The van der Waals surface area contributed by atoms with E-state index < -0.39 is 35.2 Å². The molecule has 3 atom stereocenters. The molecule has 4 aromatic rings. The summed E-state index contributed by atoms with van der Waals surface area (Å²) in [5.74, 6) is -2.24. The van der Waals surface area contributed by atoms with Crippen molar-refractivity contribution in [3.63, 3.8) is 0 Å². The van der Waals surface area contributed by atoms with E-state index in [1.54, 1.807) is 6.07 Å². The van der Waals surface area contributed by atoms with Crippen molar-refractivity contribution in [3.8, 4) is 22.8 Å². The first-order chi connectivity index (χ1) is 18.0. The van der Waals surface area contributed by atoms with Gasteiger partial charge >= 0.3 is 6.18 Å². The molecule has 3 heterocycles. The maximum absolute atomic E-state index is 14.4. The summed E-state index contributed by atoms with van der Waals surface area (Å²) < 4.78 is 67.5. The van der Waals surface area contributed by atoms with Crippen molar-refractivity contribution in [2.75, 3.05) is 0 Å². The maximum atomic E-state index is 14.4. The van der Waals surface area contributed by atoms with Crippen LogP contribution >= 0.6 is 0 Å². The normalized spacial score (nSPS) is 20.3. The largest absolute Gasteiger partial charge is 0.421 e. The Morgan fingerprint density at radius 1 is 1.11 bits per heavy atom. The van der Waals surface area contributed by atoms with Crippen molar-refractivity contribution in [2.24, 2.45) is 5.92 Å². The van der Waals surface area contributed by atoms with Gasteiger partial charge in [-0.2, -0.15) is 23.4 Å². The summed E-state index contributed by atoms with van der Waals surface area (Å²) in [6.07, 6.45) is -2.87. The summed E-state index contributed by atoms with van der Waals surface area (Å²) in [6, 6.07) is 5.22. The minimum Gasteiger partial charge on any atom is -0.377 e. The number of aliphatic hydroxyl groups excluding tert-OH is 1. The van der Waals surface area contributed by atoms with E-state index in [-0.39, 0.29) is 28.7 Å². The molecule has 3 aromatic heterocycles. The van der Waals surface area contributed by atoms with Crippen LogP contribution in [-0.2, 0) is 11.8 Å². The number of rotatable bonds is 5. The number of aliphatic hydroxyl groups is 1. The molecule has 0 saturated heterocycles. The lowest BCUT2D eigenvalue weighted by Gasteiger charge is -2.38. The molecule has 0 aliphatic heterocycles. The van der Waals surface area contributed by atoms with Crippen LogP contribution in [0.3, 0.4) is 0 Å². The van der Waals surface area contributed by atoms with Crippen LogP contribution in [0.4, 0.5) is 22.0 Å². The topological polar surface area (TPSA) is 113 Å². The van der Waals surface area contributed by atoms with Crippen molar-refractivity contribution in [2.45, 2.75) is 50.8 Å². The second-order valence-electron chi connectivity index (χ2n) is 9.49. The SMILES string of the molecule is CCC1Cc2cc(-c3c(F)cccc3F)nnc2[C@@](C)(c2cncc(-c3n[nH]c([C@@H](O)C(F)(F)F)n3)n2)C1. The highest BCUT2D eigenvalue weighted by molar-refractivity contribution is 5.62. The van der Waals surface area contributed by atoms with Crippen molar-refractivity contribution in [1.29, 1.82) is 0 Å². The van der Waals surface area contributed by atoms with Crippen molar-refractivity contribution in [1.82, 2.24) is 35.3 Å². The van der Waals surface area contributed by atoms with E-state index in [9.17, 15) is 27.1 Å². The molecule has 38 heavy (non-hydrogen) atoms. The number of benzene rings is 1. The number of H-pyrrole nitrogens is 1. The predicted molar refractivity (Wildman–Crippen MR) is 124 cm³/mol. The predicted octanol–water partition coefficient (Wildman–Crippen LogP) is 4.87. The Morgan fingerprint density at radius 2 is 1.84 bits per heavy atom. The third kappa shape index (κ3) is 4.51. The van der Waals surface area contributed by atoms with E-state index in [1.807, 2.05) is 13.8 Å².